The number of hydrogen-bond acceptors (Lipinski definition) is 3. The quantitative estimate of drug-likeness (QED) is 0.790. The van der Waals surface area contributed by atoms with Crippen LogP contribution >= 0.6 is 0 Å². The minimum Gasteiger partial charge on any atom is -0.343 e. The number of amides is 1. The molecule has 1 aromatic carbocycles. The molecule has 0 radical (unpaired) electrons. The normalized spacial score (nSPS) is 20.5. The lowest BCUT2D eigenvalue weighted by molar-refractivity contribution is -0.130. The van der Waals surface area contributed by atoms with Gasteiger partial charge in [-0.05, 0) is 43.7 Å². The molecule has 0 N–H and O–H groups in total. The summed E-state index contributed by atoms with van der Waals surface area (Å²) in [6.07, 6.45) is 7.09. The van der Waals surface area contributed by atoms with Crippen molar-refractivity contribution in [3.8, 4) is 0 Å². The van der Waals surface area contributed by atoms with Crippen molar-refractivity contribution in [2.24, 2.45) is 5.92 Å². The Bertz CT molecular complexity index is 691. The molecule has 0 spiro atoms. The summed E-state index contributed by atoms with van der Waals surface area (Å²) >= 11 is 0. The highest BCUT2D eigenvalue weighted by Crippen LogP contribution is 2.30. The first-order valence-corrected chi connectivity index (χ1v) is 11.2. The van der Waals surface area contributed by atoms with Gasteiger partial charge in [0, 0.05) is 32.6 Å². The largest absolute Gasteiger partial charge is 0.343 e. The van der Waals surface area contributed by atoms with Crippen molar-refractivity contribution in [3.63, 3.8) is 0 Å². The van der Waals surface area contributed by atoms with E-state index in [0.717, 1.165) is 51.6 Å². The maximum atomic E-state index is 13.3. The van der Waals surface area contributed by atoms with E-state index in [1.165, 1.54) is 6.42 Å². The van der Waals surface area contributed by atoms with Gasteiger partial charge in [0.05, 0.1) is 4.90 Å². The zero-order chi connectivity index (χ0) is 18.6. The van der Waals surface area contributed by atoms with Crippen LogP contribution in [0.5, 0.6) is 0 Å². The fraction of sp³-hybridized carbons (Fsp3) is 0.650. The Morgan fingerprint density at radius 1 is 1.04 bits per heavy atom. The Morgan fingerprint density at radius 3 is 2.23 bits per heavy atom. The van der Waals surface area contributed by atoms with Crippen LogP contribution in [0, 0.1) is 5.92 Å². The summed E-state index contributed by atoms with van der Waals surface area (Å²) in [4.78, 5) is 13.8. The SMILES string of the molecule is CC(=O)N1CCC(CN(C2CCCCC2)S(=O)(=O)c2ccccc2)CC1. The van der Waals surface area contributed by atoms with Crippen LogP contribution in [0.3, 0.4) is 0 Å². The molecule has 3 rings (SSSR count). The van der Waals surface area contributed by atoms with Gasteiger partial charge >= 0.3 is 0 Å². The Kier molecular flexibility index (Phi) is 6.35. The molecular formula is C20H30N2O3S. The first kappa shape index (κ1) is 19.4. The molecule has 1 heterocycles. The first-order valence-electron chi connectivity index (χ1n) is 9.81. The summed E-state index contributed by atoms with van der Waals surface area (Å²) < 4.78 is 28.5. The van der Waals surface area contributed by atoms with Crippen LogP contribution in [0.2, 0.25) is 0 Å². The highest BCUT2D eigenvalue weighted by molar-refractivity contribution is 7.89. The van der Waals surface area contributed by atoms with Gasteiger partial charge in [-0.3, -0.25) is 4.79 Å². The van der Waals surface area contributed by atoms with Crippen molar-refractivity contribution in [2.75, 3.05) is 19.6 Å². The molecule has 0 atom stereocenters. The van der Waals surface area contributed by atoms with Crippen molar-refractivity contribution < 1.29 is 13.2 Å². The van der Waals surface area contributed by atoms with Crippen LogP contribution in [-0.4, -0.2) is 49.2 Å². The predicted octanol–water partition coefficient (Wildman–Crippen LogP) is 3.27. The number of rotatable bonds is 5. The summed E-state index contributed by atoms with van der Waals surface area (Å²) in [5.74, 6) is 0.440. The summed E-state index contributed by atoms with van der Waals surface area (Å²) in [6.45, 7) is 3.66. The molecule has 1 saturated heterocycles. The third-order valence-electron chi connectivity index (χ3n) is 5.83. The van der Waals surface area contributed by atoms with E-state index in [-0.39, 0.29) is 11.9 Å². The van der Waals surface area contributed by atoms with Crippen molar-refractivity contribution in [1.82, 2.24) is 9.21 Å². The van der Waals surface area contributed by atoms with Gasteiger partial charge in [0.25, 0.3) is 0 Å². The molecule has 0 aromatic heterocycles. The summed E-state index contributed by atoms with van der Waals surface area (Å²) in [6, 6.07) is 8.93. The van der Waals surface area contributed by atoms with Crippen molar-refractivity contribution in [2.45, 2.75) is 62.8 Å². The Labute approximate surface area is 157 Å². The van der Waals surface area contributed by atoms with Gasteiger partial charge < -0.3 is 4.90 Å². The van der Waals surface area contributed by atoms with Crippen LogP contribution < -0.4 is 0 Å². The second kappa shape index (κ2) is 8.53. The number of sulfonamides is 1. The zero-order valence-corrected chi connectivity index (χ0v) is 16.5. The van der Waals surface area contributed by atoms with E-state index in [1.807, 2.05) is 11.0 Å². The maximum Gasteiger partial charge on any atom is 0.243 e. The Morgan fingerprint density at radius 2 is 1.65 bits per heavy atom. The second-order valence-corrected chi connectivity index (χ2v) is 9.52. The van der Waals surface area contributed by atoms with E-state index < -0.39 is 10.0 Å². The van der Waals surface area contributed by atoms with Gasteiger partial charge in [0.1, 0.15) is 0 Å². The summed E-state index contributed by atoms with van der Waals surface area (Å²) in [7, 11) is -3.48. The Hall–Kier alpha value is -1.40. The van der Waals surface area contributed by atoms with E-state index in [1.54, 1.807) is 35.5 Å². The van der Waals surface area contributed by atoms with E-state index in [4.69, 9.17) is 0 Å². The molecule has 26 heavy (non-hydrogen) atoms. The second-order valence-electron chi connectivity index (χ2n) is 7.63. The molecular weight excluding hydrogens is 348 g/mol. The molecule has 1 aliphatic carbocycles. The van der Waals surface area contributed by atoms with Crippen LogP contribution in [-0.2, 0) is 14.8 Å². The Balaban J connectivity index is 1.77. The standard InChI is InChI=1S/C20H30N2O3S/c1-17(23)21-14-12-18(13-15-21)16-22(19-8-4-2-5-9-19)26(24,25)20-10-6-3-7-11-20/h3,6-7,10-11,18-19H,2,4-5,8-9,12-16H2,1H3. The topological polar surface area (TPSA) is 57.7 Å². The van der Waals surface area contributed by atoms with Crippen LogP contribution in [0.25, 0.3) is 0 Å². The fourth-order valence-corrected chi connectivity index (χ4v) is 6.01. The van der Waals surface area contributed by atoms with Crippen molar-refractivity contribution in [1.29, 1.82) is 0 Å². The van der Waals surface area contributed by atoms with Gasteiger partial charge in [-0.15, -0.1) is 0 Å². The predicted molar refractivity (Wildman–Crippen MR) is 102 cm³/mol. The van der Waals surface area contributed by atoms with Gasteiger partial charge in [0.15, 0.2) is 0 Å². The number of benzene rings is 1. The highest BCUT2D eigenvalue weighted by atomic mass is 32.2. The number of nitrogens with zero attached hydrogens (tertiary/aromatic N) is 2. The number of carbonyl (C=O) groups excluding carboxylic acids is 1. The van der Waals surface area contributed by atoms with E-state index in [2.05, 4.69) is 0 Å². The number of hydrogen-bond donors (Lipinski definition) is 0. The average molecular weight is 379 g/mol. The van der Waals surface area contributed by atoms with Crippen molar-refractivity contribution >= 4 is 15.9 Å². The molecule has 1 aliphatic heterocycles. The monoisotopic (exact) mass is 378 g/mol. The summed E-state index contributed by atoms with van der Waals surface area (Å²) in [5.41, 5.74) is 0. The molecule has 0 unspecified atom stereocenters. The molecule has 1 saturated carbocycles. The van der Waals surface area contributed by atoms with E-state index >= 15 is 0 Å². The minimum atomic E-state index is -3.48. The lowest BCUT2D eigenvalue weighted by atomic mass is 9.93. The molecule has 2 aliphatic rings. The van der Waals surface area contributed by atoms with Crippen LogP contribution in [0.15, 0.2) is 35.2 Å². The molecule has 6 heteroatoms. The molecule has 1 aromatic rings. The van der Waals surface area contributed by atoms with Gasteiger partial charge in [0.2, 0.25) is 15.9 Å². The van der Waals surface area contributed by atoms with Crippen LogP contribution in [0.1, 0.15) is 51.9 Å². The van der Waals surface area contributed by atoms with Crippen molar-refractivity contribution in [3.05, 3.63) is 30.3 Å². The van der Waals surface area contributed by atoms with E-state index in [0.29, 0.717) is 17.4 Å². The maximum absolute atomic E-state index is 13.3. The smallest absolute Gasteiger partial charge is 0.243 e. The first-order chi connectivity index (χ1) is 12.5. The van der Waals surface area contributed by atoms with E-state index in [9.17, 15) is 13.2 Å². The number of piperidine rings is 1. The lowest BCUT2D eigenvalue weighted by Gasteiger charge is -2.38. The molecule has 2 fully saturated rings. The number of likely N-dealkylation sites (tertiary alicyclic amines) is 1. The zero-order valence-electron chi connectivity index (χ0n) is 15.6. The lowest BCUT2D eigenvalue weighted by Crippen LogP contribution is -2.46. The highest BCUT2D eigenvalue weighted by Gasteiger charge is 2.35. The van der Waals surface area contributed by atoms with Crippen LogP contribution in [0.4, 0.5) is 0 Å². The van der Waals surface area contributed by atoms with Gasteiger partial charge in [-0.25, -0.2) is 8.42 Å². The van der Waals surface area contributed by atoms with Gasteiger partial charge in [-0.1, -0.05) is 37.5 Å². The minimum absolute atomic E-state index is 0.111. The fourth-order valence-electron chi connectivity index (χ4n) is 4.23. The summed E-state index contributed by atoms with van der Waals surface area (Å²) in [5, 5.41) is 0. The van der Waals surface area contributed by atoms with Gasteiger partial charge in [-0.2, -0.15) is 4.31 Å². The third kappa shape index (κ3) is 4.46. The molecule has 1 amide bonds. The molecule has 144 valence electrons. The molecule has 0 bridgehead atoms. The number of carbonyl (C=O) groups is 1. The average Bonchev–Trinajstić information content (AvgIpc) is 2.67. The third-order valence-corrected chi connectivity index (χ3v) is 7.76. The molecule has 5 nitrogen and oxygen atoms in total.